The summed E-state index contributed by atoms with van der Waals surface area (Å²) in [5.41, 5.74) is -0.134. The van der Waals surface area contributed by atoms with Crippen LogP contribution in [0.25, 0.3) is 0 Å². The Morgan fingerprint density at radius 3 is 2.11 bits per heavy atom. The maximum atomic E-state index is 10.2. The van der Waals surface area contributed by atoms with E-state index in [1.165, 1.54) is 12.8 Å². The summed E-state index contributed by atoms with van der Waals surface area (Å²) >= 11 is 0. The first kappa shape index (κ1) is 15.3. The fourth-order valence-electron chi connectivity index (χ4n) is 4.29. The van der Waals surface area contributed by atoms with Gasteiger partial charge in [0.15, 0.2) is 0 Å². The molecule has 0 amide bonds. The minimum Gasteiger partial charge on any atom is -0.393 e. The first-order valence-corrected chi connectivity index (χ1v) is 8.13. The molecule has 0 aliphatic heterocycles. The lowest BCUT2D eigenvalue weighted by atomic mass is 9.58. The van der Waals surface area contributed by atoms with Gasteiger partial charge in [0.25, 0.3) is 0 Å². The van der Waals surface area contributed by atoms with Gasteiger partial charge in [-0.2, -0.15) is 0 Å². The minimum absolute atomic E-state index is 0.107. The van der Waals surface area contributed by atoms with Gasteiger partial charge in [0, 0.05) is 0 Å². The quantitative estimate of drug-likeness (QED) is 0.800. The van der Waals surface area contributed by atoms with Gasteiger partial charge in [-0.05, 0) is 75.0 Å². The molecule has 0 heterocycles. The highest BCUT2D eigenvalue weighted by Crippen LogP contribution is 2.50. The van der Waals surface area contributed by atoms with Crippen molar-refractivity contribution in [1.29, 1.82) is 0 Å². The molecule has 0 aromatic carbocycles. The third kappa shape index (κ3) is 3.33. The summed E-state index contributed by atoms with van der Waals surface area (Å²) in [6.45, 7) is 8.93. The number of hydrogen-bond acceptors (Lipinski definition) is 2. The van der Waals surface area contributed by atoms with Gasteiger partial charge in [0.1, 0.15) is 0 Å². The van der Waals surface area contributed by atoms with Crippen molar-refractivity contribution in [3.63, 3.8) is 0 Å². The van der Waals surface area contributed by atoms with Crippen LogP contribution in [0.15, 0.2) is 0 Å². The van der Waals surface area contributed by atoms with Crippen LogP contribution in [-0.4, -0.2) is 21.9 Å². The zero-order valence-electron chi connectivity index (χ0n) is 13.2. The largest absolute Gasteiger partial charge is 0.393 e. The van der Waals surface area contributed by atoms with Gasteiger partial charge in [0.2, 0.25) is 0 Å². The SMILES string of the molecule is CC1CCC(C(C)(C)C2CCC(C)(O)CC2)CC1O. The summed E-state index contributed by atoms with van der Waals surface area (Å²) in [7, 11) is 0. The molecule has 0 spiro atoms. The molecule has 2 N–H and O–H groups in total. The van der Waals surface area contributed by atoms with Crippen LogP contribution in [0.4, 0.5) is 0 Å². The molecule has 0 aromatic heterocycles. The van der Waals surface area contributed by atoms with E-state index in [9.17, 15) is 10.2 Å². The summed E-state index contributed by atoms with van der Waals surface area (Å²) in [4.78, 5) is 0. The van der Waals surface area contributed by atoms with E-state index in [2.05, 4.69) is 20.8 Å². The van der Waals surface area contributed by atoms with Crippen molar-refractivity contribution in [2.45, 2.75) is 84.3 Å². The normalized spacial score (nSPS) is 45.2. The van der Waals surface area contributed by atoms with Crippen LogP contribution in [0.3, 0.4) is 0 Å². The number of aliphatic hydroxyl groups excluding tert-OH is 1. The molecule has 0 saturated heterocycles. The smallest absolute Gasteiger partial charge is 0.0620 e. The van der Waals surface area contributed by atoms with E-state index in [1.807, 2.05) is 6.92 Å². The van der Waals surface area contributed by atoms with Gasteiger partial charge in [-0.25, -0.2) is 0 Å². The fourth-order valence-corrected chi connectivity index (χ4v) is 4.29. The first-order valence-electron chi connectivity index (χ1n) is 8.13. The van der Waals surface area contributed by atoms with Crippen molar-refractivity contribution in [3.8, 4) is 0 Å². The van der Waals surface area contributed by atoms with Crippen LogP contribution in [0.1, 0.15) is 72.6 Å². The van der Waals surface area contributed by atoms with Crippen LogP contribution in [0, 0.1) is 23.2 Å². The Kier molecular flexibility index (Phi) is 4.32. The molecule has 2 nitrogen and oxygen atoms in total. The molecule has 2 aliphatic carbocycles. The Labute approximate surface area is 118 Å². The van der Waals surface area contributed by atoms with Gasteiger partial charge in [-0.1, -0.05) is 20.8 Å². The zero-order chi connectivity index (χ0) is 14.3. The van der Waals surface area contributed by atoms with Gasteiger partial charge >= 0.3 is 0 Å². The van der Waals surface area contributed by atoms with E-state index in [0.717, 1.165) is 32.1 Å². The topological polar surface area (TPSA) is 40.5 Å². The molecule has 3 unspecified atom stereocenters. The molecule has 2 aliphatic rings. The Hall–Kier alpha value is -0.0800. The molecule has 2 saturated carbocycles. The molecule has 2 heteroatoms. The Morgan fingerprint density at radius 1 is 1.00 bits per heavy atom. The zero-order valence-corrected chi connectivity index (χ0v) is 13.2. The van der Waals surface area contributed by atoms with Crippen molar-refractivity contribution in [3.05, 3.63) is 0 Å². The molecule has 0 radical (unpaired) electrons. The van der Waals surface area contributed by atoms with Gasteiger partial charge in [0.05, 0.1) is 11.7 Å². The van der Waals surface area contributed by atoms with Crippen molar-refractivity contribution in [2.24, 2.45) is 23.2 Å². The van der Waals surface area contributed by atoms with E-state index in [1.54, 1.807) is 0 Å². The fraction of sp³-hybridized carbons (Fsp3) is 1.00. The van der Waals surface area contributed by atoms with Crippen molar-refractivity contribution in [2.75, 3.05) is 0 Å². The predicted octanol–water partition coefficient (Wildman–Crippen LogP) is 3.75. The maximum Gasteiger partial charge on any atom is 0.0620 e. The second-order valence-electron chi connectivity index (χ2n) is 8.15. The summed E-state index contributed by atoms with van der Waals surface area (Å²) in [6, 6.07) is 0. The highest BCUT2D eigenvalue weighted by atomic mass is 16.3. The third-order valence-electron chi connectivity index (χ3n) is 6.32. The second kappa shape index (κ2) is 5.37. The van der Waals surface area contributed by atoms with Crippen molar-refractivity contribution >= 4 is 0 Å². The molecular weight excluding hydrogens is 236 g/mol. The Balaban J connectivity index is 1.98. The van der Waals surface area contributed by atoms with Crippen molar-refractivity contribution < 1.29 is 10.2 Å². The predicted molar refractivity (Wildman–Crippen MR) is 78.9 cm³/mol. The average molecular weight is 268 g/mol. The second-order valence-corrected chi connectivity index (χ2v) is 8.15. The summed E-state index contributed by atoms with van der Waals surface area (Å²) in [5, 5.41) is 20.3. The molecule has 2 fully saturated rings. The van der Waals surface area contributed by atoms with Crippen LogP contribution in [0.5, 0.6) is 0 Å². The summed E-state index contributed by atoms with van der Waals surface area (Å²) in [5.74, 6) is 1.82. The van der Waals surface area contributed by atoms with Crippen LogP contribution in [0.2, 0.25) is 0 Å². The average Bonchev–Trinajstić information content (AvgIpc) is 2.32. The van der Waals surface area contributed by atoms with Gasteiger partial charge in [-0.3, -0.25) is 0 Å². The highest BCUT2D eigenvalue weighted by Gasteiger charge is 2.43. The lowest BCUT2D eigenvalue weighted by molar-refractivity contribution is -0.0488. The van der Waals surface area contributed by atoms with E-state index >= 15 is 0 Å². The molecule has 112 valence electrons. The lowest BCUT2D eigenvalue weighted by Gasteiger charge is -2.48. The molecule has 2 rings (SSSR count). The van der Waals surface area contributed by atoms with E-state index in [-0.39, 0.29) is 6.10 Å². The minimum atomic E-state index is -0.437. The molecule has 0 bridgehead atoms. The van der Waals surface area contributed by atoms with Crippen molar-refractivity contribution in [1.82, 2.24) is 0 Å². The maximum absolute atomic E-state index is 10.2. The summed E-state index contributed by atoms with van der Waals surface area (Å²) < 4.78 is 0. The molecule has 19 heavy (non-hydrogen) atoms. The third-order valence-corrected chi connectivity index (χ3v) is 6.32. The molecule has 3 atom stereocenters. The molecular formula is C17H32O2. The molecule has 0 aromatic rings. The number of rotatable bonds is 2. The van der Waals surface area contributed by atoms with Crippen LogP contribution >= 0.6 is 0 Å². The van der Waals surface area contributed by atoms with Crippen LogP contribution < -0.4 is 0 Å². The Morgan fingerprint density at radius 2 is 1.58 bits per heavy atom. The lowest BCUT2D eigenvalue weighted by Crippen LogP contribution is -2.42. The highest BCUT2D eigenvalue weighted by molar-refractivity contribution is 4.94. The van der Waals surface area contributed by atoms with Gasteiger partial charge < -0.3 is 10.2 Å². The van der Waals surface area contributed by atoms with E-state index < -0.39 is 5.60 Å². The Bertz CT molecular complexity index is 298. The van der Waals surface area contributed by atoms with E-state index in [4.69, 9.17) is 0 Å². The number of aliphatic hydroxyl groups is 2. The van der Waals surface area contributed by atoms with Crippen LogP contribution in [-0.2, 0) is 0 Å². The van der Waals surface area contributed by atoms with E-state index in [0.29, 0.717) is 23.2 Å². The summed E-state index contributed by atoms with van der Waals surface area (Å²) in [6.07, 6.45) is 7.45. The first-order chi connectivity index (χ1) is 8.72. The van der Waals surface area contributed by atoms with Gasteiger partial charge in [-0.15, -0.1) is 0 Å². The number of hydrogen-bond donors (Lipinski definition) is 2. The monoisotopic (exact) mass is 268 g/mol. The standard InChI is InChI=1S/C17H32O2/c1-12-5-6-14(11-15(12)18)16(2,3)13-7-9-17(4,19)10-8-13/h12-15,18-19H,5-11H2,1-4H3.